The maximum absolute atomic E-state index is 4.95. The molecular formula is C25H24N2S. The number of unbranched alkanes of at least 4 members (excludes halogenated alkanes) is 1. The van der Waals surface area contributed by atoms with Crippen molar-refractivity contribution < 1.29 is 0 Å². The Labute approximate surface area is 172 Å². The molecule has 140 valence electrons. The molecule has 0 spiro atoms. The molecule has 0 bridgehead atoms. The molecule has 4 aromatic rings. The van der Waals surface area contributed by atoms with Gasteiger partial charge in [0.15, 0.2) is 0 Å². The monoisotopic (exact) mass is 384 g/mol. The van der Waals surface area contributed by atoms with Gasteiger partial charge in [-0.1, -0.05) is 72.8 Å². The number of hydrogen-bond acceptors (Lipinski definition) is 2. The SMILES string of the molecule is Sc1cccc(CCCCc2nc(-c3ccccc3)c(-c3ccccc3)[nH]2)c1. The molecule has 3 heteroatoms. The second kappa shape index (κ2) is 8.94. The van der Waals surface area contributed by atoms with Crippen LogP contribution < -0.4 is 0 Å². The molecule has 2 nitrogen and oxygen atoms in total. The Balaban J connectivity index is 1.49. The lowest BCUT2D eigenvalue weighted by Gasteiger charge is -2.02. The minimum Gasteiger partial charge on any atom is -0.341 e. The van der Waals surface area contributed by atoms with Crippen molar-refractivity contribution in [2.24, 2.45) is 0 Å². The van der Waals surface area contributed by atoms with E-state index in [0.29, 0.717) is 0 Å². The zero-order valence-corrected chi connectivity index (χ0v) is 16.7. The molecule has 28 heavy (non-hydrogen) atoms. The van der Waals surface area contributed by atoms with E-state index in [1.165, 1.54) is 11.1 Å². The molecule has 0 saturated carbocycles. The van der Waals surface area contributed by atoms with Gasteiger partial charge in [-0.05, 0) is 37.0 Å². The first kappa shape index (κ1) is 18.6. The molecule has 3 aromatic carbocycles. The number of imidazole rings is 1. The number of H-pyrrole nitrogens is 1. The van der Waals surface area contributed by atoms with Crippen LogP contribution in [0.3, 0.4) is 0 Å². The van der Waals surface area contributed by atoms with E-state index in [0.717, 1.165) is 53.4 Å². The summed E-state index contributed by atoms with van der Waals surface area (Å²) < 4.78 is 0. The molecule has 1 aromatic heterocycles. The predicted octanol–water partition coefficient (Wildman–Crippen LogP) is 6.60. The molecule has 0 amide bonds. The summed E-state index contributed by atoms with van der Waals surface area (Å²) in [4.78, 5) is 9.56. The lowest BCUT2D eigenvalue weighted by molar-refractivity contribution is 0.713. The van der Waals surface area contributed by atoms with Gasteiger partial charge in [-0.3, -0.25) is 0 Å². The smallest absolute Gasteiger partial charge is 0.107 e. The standard InChI is InChI=1S/C25H24N2S/c28-22-16-9-11-19(18-22)10-7-8-17-23-26-24(20-12-3-1-4-13-20)25(27-23)21-14-5-2-6-15-21/h1-6,9,11-16,18,28H,7-8,10,17H2,(H,26,27). The van der Waals surface area contributed by atoms with Gasteiger partial charge in [0.1, 0.15) is 5.82 Å². The van der Waals surface area contributed by atoms with E-state index in [2.05, 4.69) is 84.3 Å². The Bertz CT molecular complexity index is 966. The van der Waals surface area contributed by atoms with Crippen molar-refractivity contribution in [3.05, 3.63) is 96.3 Å². The van der Waals surface area contributed by atoms with Crippen LogP contribution in [0.15, 0.2) is 89.8 Å². The van der Waals surface area contributed by atoms with Crippen LogP contribution >= 0.6 is 12.6 Å². The van der Waals surface area contributed by atoms with Crippen molar-refractivity contribution in [3.8, 4) is 22.5 Å². The van der Waals surface area contributed by atoms with E-state index in [1.54, 1.807) is 0 Å². The Hall–Kier alpha value is -2.78. The van der Waals surface area contributed by atoms with Gasteiger partial charge in [-0.15, -0.1) is 12.6 Å². The van der Waals surface area contributed by atoms with Gasteiger partial charge in [0.25, 0.3) is 0 Å². The summed E-state index contributed by atoms with van der Waals surface area (Å²) in [6.07, 6.45) is 4.27. The highest BCUT2D eigenvalue weighted by atomic mass is 32.1. The summed E-state index contributed by atoms with van der Waals surface area (Å²) >= 11 is 4.42. The van der Waals surface area contributed by atoms with Crippen LogP contribution in [0.25, 0.3) is 22.5 Å². The molecule has 0 fully saturated rings. The molecule has 0 radical (unpaired) electrons. The average Bonchev–Trinajstić information content (AvgIpc) is 3.17. The number of aromatic nitrogens is 2. The Morgan fingerprint density at radius 3 is 2.11 bits per heavy atom. The van der Waals surface area contributed by atoms with Crippen molar-refractivity contribution in [1.82, 2.24) is 9.97 Å². The fourth-order valence-electron chi connectivity index (χ4n) is 3.49. The molecule has 0 atom stereocenters. The average molecular weight is 385 g/mol. The summed E-state index contributed by atoms with van der Waals surface area (Å²) in [6.45, 7) is 0. The fourth-order valence-corrected chi connectivity index (χ4v) is 3.74. The maximum Gasteiger partial charge on any atom is 0.107 e. The van der Waals surface area contributed by atoms with E-state index in [9.17, 15) is 0 Å². The summed E-state index contributed by atoms with van der Waals surface area (Å²) in [5.74, 6) is 1.06. The molecule has 1 N–H and O–H groups in total. The topological polar surface area (TPSA) is 28.7 Å². The number of rotatable bonds is 7. The second-order valence-electron chi connectivity index (χ2n) is 7.02. The second-order valence-corrected chi connectivity index (χ2v) is 7.53. The first-order valence-corrected chi connectivity index (χ1v) is 10.2. The van der Waals surface area contributed by atoms with Gasteiger partial charge < -0.3 is 4.98 Å². The van der Waals surface area contributed by atoms with E-state index in [4.69, 9.17) is 4.98 Å². The number of aryl methyl sites for hydroxylation is 2. The van der Waals surface area contributed by atoms with Gasteiger partial charge in [0, 0.05) is 22.4 Å². The minimum atomic E-state index is 0.952. The number of nitrogens with one attached hydrogen (secondary N) is 1. The highest BCUT2D eigenvalue weighted by molar-refractivity contribution is 7.80. The number of benzene rings is 3. The Morgan fingerprint density at radius 1 is 0.714 bits per heavy atom. The van der Waals surface area contributed by atoms with Gasteiger partial charge in [0.05, 0.1) is 11.4 Å². The van der Waals surface area contributed by atoms with Crippen molar-refractivity contribution in [2.75, 3.05) is 0 Å². The Kier molecular flexibility index (Phi) is 5.93. The molecule has 0 saturated heterocycles. The molecule has 0 unspecified atom stereocenters. The van der Waals surface area contributed by atoms with Crippen molar-refractivity contribution in [1.29, 1.82) is 0 Å². The van der Waals surface area contributed by atoms with E-state index in [1.807, 2.05) is 18.2 Å². The molecule has 4 rings (SSSR count). The van der Waals surface area contributed by atoms with Crippen LogP contribution in [0.2, 0.25) is 0 Å². The number of nitrogens with zero attached hydrogens (tertiary/aromatic N) is 1. The van der Waals surface area contributed by atoms with Crippen LogP contribution in [0, 0.1) is 0 Å². The molecule has 1 heterocycles. The third-order valence-electron chi connectivity index (χ3n) is 4.90. The van der Waals surface area contributed by atoms with Crippen LogP contribution in [0.5, 0.6) is 0 Å². The first-order chi connectivity index (χ1) is 13.8. The molecular weight excluding hydrogens is 360 g/mol. The minimum absolute atomic E-state index is 0.952. The van der Waals surface area contributed by atoms with E-state index < -0.39 is 0 Å². The highest BCUT2D eigenvalue weighted by Crippen LogP contribution is 2.30. The van der Waals surface area contributed by atoms with Crippen LogP contribution in [0.1, 0.15) is 24.2 Å². The van der Waals surface area contributed by atoms with Gasteiger partial charge in [0.2, 0.25) is 0 Å². The summed E-state index contributed by atoms with van der Waals surface area (Å²) in [7, 11) is 0. The lowest BCUT2D eigenvalue weighted by atomic mass is 10.1. The third kappa shape index (κ3) is 4.55. The van der Waals surface area contributed by atoms with Crippen molar-refractivity contribution in [2.45, 2.75) is 30.6 Å². The molecule has 0 aliphatic heterocycles. The van der Waals surface area contributed by atoms with Gasteiger partial charge >= 0.3 is 0 Å². The highest BCUT2D eigenvalue weighted by Gasteiger charge is 2.13. The lowest BCUT2D eigenvalue weighted by Crippen LogP contribution is -1.91. The number of aromatic amines is 1. The Morgan fingerprint density at radius 2 is 1.39 bits per heavy atom. The van der Waals surface area contributed by atoms with E-state index >= 15 is 0 Å². The quantitative estimate of drug-likeness (QED) is 0.273. The van der Waals surface area contributed by atoms with Crippen LogP contribution in [0.4, 0.5) is 0 Å². The van der Waals surface area contributed by atoms with E-state index in [-0.39, 0.29) is 0 Å². The first-order valence-electron chi connectivity index (χ1n) is 9.77. The van der Waals surface area contributed by atoms with Crippen LogP contribution in [-0.4, -0.2) is 9.97 Å². The molecule has 0 aliphatic rings. The zero-order chi connectivity index (χ0) is 19.2. The zero-order valence-electron chi connectivity index (χ0n) is 15.8. The largest absolute Gasteiger partial charge is 0.341 e. The summed E-state index contributed by atoms with van der Waals surface area (Å²) in [5, 5.41) is 0. The summed E-state index contributed by atoms with van der Waals surface area (Å²) in [6, 6.07) is 29.3. The van der Waals surface area contributed by atoms with Gasteiger partial charge in [-0.25, -0.2) is 4.98 Å². The fraction of sp³-hybridized carbons (Fsp3) is 0.160. The van der Waals surface area contributed by atoms with Gasteiger partial charge in [-0.2, -0.15) is 0 Å². The predicted molar refractivity (Wildman–Crippen MR) is 120 cm³/mol. The maximum atomic E-state index is 4.95. The number of thiol groups is 1. The normalized spacial score (nSPS) is 10.9. The van der Waals surface area contributed by atoms with Crippen LogP contribution in [-0.2, 0) is 12.8 Å². The molecule has 0 aliphatic carbocycles. The van der Waals surface area contributed by atoms with Crippen molar-refractivity contribution in [3.63, 3.8) is 0 Å². The third-order valence-corrected chi connectivity index (χ3v) is 5.18. The summed E-state index contributed by atoms with van der Waals surface area (Å²) in [5.41, 5.74) is 5.80. The number of hydrogen-bond donors (Lipinski definition) is 2. The van der Waals surface area contributed by atoms with Crippen molar-refractivity contribution >= 4 is 12.6 Å².